The van der Waals surface area contributed by atoms with E-state index < -0.39 is 10.0 Å². The number of sulfonamides is 1. The minimum atomic E-state index is -3.44. The lowest BCUT2D eigenvalue weighted by Crippen LogP contribution is -2.49. The molecule has 1 heterocycles. The number of nitrogens with zero attached hydrogens (tertiary/aromatic N) is 2. The molecule has 0 unspecified atom stereocenters. The molecule has 0 saturated carbocycles. The first-order valence-corrected chi connectivity index (χ1v) is 10.7. The molecule has 1 aliphatic rings. The zero-order valence-electron chi connectivity index (χ0n) is 16.1. The first-order valence-electron chi connectivity index (χ1n) is 9.25. The Morgan fingerprint density at radius 2 is 1.62 bits per heavy atom. The Balaban J connectivity index is 1.82. The van der Waals surface area contributed by atoms with E-state index in [0.29, 0.717) is 18.0 Å². The van der Waals surface area contributed by atoms with Crippen LogP contribution < -0.4 is 4.90 Å². The number of para-hydroxylation sites is 1. The number of aryl methyl sites for hydroxylation is 4. The van der Waals surface area contributed by atoms with Gasteiger partial charge in [0.1, 0.15) is 0 Å². The summed E-state index contributed by atoms with van der Waals surface area (Å²) in [5, 5.41) is 0. The third-order valence-electron chi connectivity index (χ3n) is 5.22. The second kappa shape index (κ2) is 7.41. The van der Waals surface area contributed by atoms with Gasteiger partial charge in [0.05, 0.1) is 4.90 Å². The molecule has 3 rings (SSSR count). The van der Waals surface area contributed by atoms with Gasteiger partial charge in [0.25, 0.3) is 0 Å². The van der Waals surface area contributed by atoms with Crippen molar-refractivity contribution in [3.63, 3.8) is 0 Å². The zero-order chi connectivity index (χ0) is 18.9. The molecular formula is C21H28N2O2S. The van der Waals surface area contributed by atoms with Gasteiger partial charge in [-0.1, -0.05) is 37.3 Å². The fraction of sp³-hybridized carbons (Fsp3) is 0.429. The number of anilines is 1. The molecular weight excluding hydrogens is 344 g/mol. The van der Waals surface area contributed by atoms with Crippen LogP contribution in [0.25, 0.3) is 0 Å². The molecule has 0 aromatic heterocycles. The summed E-state index contributed by atoms with van der Waals surface area (Å²) in [4.78, 5) is 2.78. The van der Waals surface area contributed by atoms with Crippen molar-refractivity contribution in [2.24, 2.45) is 0 Å². The molecule has 1 aliphatic heterocycles. The number of benzene rings is 2. The second-order valence-electron chi connectivity index (χ2n) is 7.10. The molecule has 0 atom stereocenters. The molecule has 1 fully saturated rings. The van der Waals surface area contributed by atoms with Gasteiger partial charge in [-0.25, -0.2) is 8.42 Å². The molecule has 0 radical (unpaired) electrons. The summed E-state index contributed by atoms with van der Waals surface area (Å²) in [6.07, 6.45) is 0.984. The van der Waals surface area contributed by atoms with Crippen LogP contribution >= 0.6 is 0 Å². The lowest BCUT2D eigenvalue weighted by molar-refractivity contribution is 0.384. The minimum Gasteiger partial charge on any atom is -0.368 e. The van der Waals surface area contributed by atoms with Gasteiger partial charge in [-0.15, -0.1) is 0 Å². The van der Waals surface area contributed by atoms with Crippen LogP contribution in [-0.2, 0) is 16.4 Å². The van der Waals surface area contributed by atoms with Gasteiger partial charge in [-0.05, 0) is 55.5 Å². The largest absolute Gasteiger partial charge is 0.368 e. The average molecular weight is 373 g/mol. The van der Waals surface area contributed by atoms with E-state index in [2.05, 4.69) is 36.9 Å². The highest BCUT2D eigenvalue weighted by atomic mass is 32.2. The van der Waals surface area contributed by atoms with E-state index >= 15 is 0 Å². The predicted octanol–water partition coefficient (Wildman–Crippen LogP) is 3.69. The van der Waals surface area contributed by atoms with Crippen LogP contribution in [0.1, 0.15) is 29.2 Å². The number of rotatable bonds is 4. The Hall–Kier alpha value is -1.85. The lowest BCUT2D eigenvalue weighted by Gasteiger charge is -2.37. The van der Waals surface area contributed by atoms with E-state index in [1.54, 1.807) is 10.4 Å². The Bertz CT molecular complexity index is 898. The van der Waals surface area contributed by atoms with E-state index in [9.17, 15) is 8.42 Å². The zero-order valence-corrected chi connectivity index (χ0v) is 16.9. The average Bonchev–Trinajstić information content (AvgIpc) is 2.63. The van der Waals surface area contributed by atoms with Gasteiger partial charge in [0, 0.05) is 31.9 Å². The van der Waals surface area contributed by atoms with Crippen LogP contribution in [0.5, 0.6) is 0 Å². The van der Waals surface area contributed by atoms with E-state index in [-0.39, 0.29) is 0 Å². The smallest absolute Gasteiger partial charge is 0.243 e. The molecule has 0 aliphatic carbocycles. The fourth-order valence-corrected chi connectivity index (χ4v) is 5.47. The van der Waals surface area contributed by atoms with Crippen molar-refractivity contribution in [3.05, 3.63) is 58.7 Å². The molecule has 0 amide bonds. The molecule has 0 bridgehead atoms. The maximum Gasteiger partial charge on any atom is 0.243 e. The standard InChI is InChI=1S/C21H28N2O2S/c1-5-19-8-6-7-18(4)21(19)22-11-13-23(14-12-22)26(24,25)20-15-16(2)9-10-17(20)3/h6-10,15H,5,11-14H2,1-4H3. The van der Waals surface area contributed by atoms with Gasteiger partial charge in [-0.3, -0.25) is 0 Å². The normalized spacial score (nSPS) is 16.1. The summed E-state index contributed by atoms with van der Waals surface area (Å²) in [5.74, 6) is 0. The number of piperazine rings is 1. The lowest BCUT2D eigenvalue weighted by atomic mass is 10.0. The molecule has 0 spiro atoms. The van der Waals surface area contributed by atoms with Crippen LogP contribution in [0.4, 0.5) is 5.69 Å². The van der Waals surface area contributed by atoms with Crippen LogP contribution in [0.3, 0.4) is 0 Å². The highest BCUT2D eigenvalue weighted by Crippen LogP contribution is 2.28. The Labute approximate surface area is 157 Å². The number of hydrogen-bond acceptors (Lipinski definition) is 3. The topological polar surface area (TPSA) is 40.6 Å². The van der Waals surface area contributed by atoms with Gasteiger partial charge in [0.15, 0.2) is 0 Å². The van der Waals surface area contributed by atoms with Crippen molar-refractivity contribution in [2.45, 2.75) is 39.0 Å². The highest BCUT2D eigenvalue weighted by Gasteiger charge is 2.30. The summed E-state index contributed by atoms with van der Waals surface area (Å²) >= 11 is 0. The first-order chi connectivity index (χ1) is 12.3. The molecule has 140 valence electrons. The first kappa shape index (κ1) is 18.9. The van der Waals surface area contributed by atoms with Crippen LogP contribution in [0.15, 0.2) is 41.3 Å². The van der Waals surface area contributed by atoms with Crippen LogP contribution in [-0.4, -0.2) is 38.9 Å². The van der Waals surface area contributed by atoms with Crippen molar-refractivity contribution in [1.82, 2.24) is 4.31 Å². The molecule has 4 nitrogen and oxygen atoms in total. The van der Waals surface area contributed by atoms with E-state index in [1.807, 2.05) is 26.0 Å². The summed E-state index contributed by atoms with van der Waals surface area (Å²) in [5.41, 5.74) is 5.65. The minimum absolute atomic E-state index is 0.441. The summed E-state index contributed by atoms with van der Waals surface area (Å²) in [7, 11) is -3.44. The number of hydrogen-bond donors (Lipinski definition) is 0. The van der Waals surface area contributed by atoms with Crippen molar-refractivity contribution in [1.29, 1.82) is 0 Å². The maximum absolute atomic E-state index is 13.1. The second-order valence-corrected chi connectivity index (χ2v) is 9.00. The molecule has 1 saturated heterocycles. The van der Waals surface area contributed by atoms with Gasteiger partial charge in [-0.2, -0.15) is 4.31 Å². The third-order valence-corrected chi connectivity index (χ3v) is 7.26. The van der Waals surface area contributed by atoms with Crippen molar-refractivity contribution in [3.8, 4) is 0 Å². The maximum atomic E-state index is 13.1. The van der Waals surface area contributed by atoms with Crippen molar-refractivity contribution >= 4 is 15.7 Å². The van der Waals surface area contributed by atoms with Gasteiger partial charge >= 0.3 is 0 Å². The van der Waals surface area contributed by atoms with Gasteiger partial charge < -0.3 is 4.90 Å². The Kier molecular flexibility index (Phi) is 5.39. The Morgan fingerprint density at radius 3 is 2.27 bits per heavy atom. The Morgan fingerprint density at radius 1 is 0.923 bits per heavy atom. The molecule has 26 heavy (non-hydrogen) atoms. The summed E-state index contributed by atoms with van der Waals surface area (Å²) in [6, 6.07) is 12.0. The molecule has 5 heteroatoms. The van der Waals surface area contributed by atoms with E-state index in [4.69, 9.17) is 0 Å². The predicted molar refractivity (Wildman–Crippen MR) is 107 cm³/mol. The third kappa shape index (κ3) is 3.51. The molecule has 2 aromatic rings. The summed E-state index contributed by atoms with van der Waals surface area (Å²) in [6.45, 7) is 10.6. The van der Waals surface area contributed by atoms with Crippen LogP contribution in [0.2, 0.25) is 0 Å². The monoisotopic (exact) mass is 372 g/mol. The SMILES string of the molecule is CCc1cccc(C)c1N1CCN(S(=O)(=O)c2cc(C)ccc2C)CC1. The van der Waals surface area contributed by atoms with E-state index in [1.165, 1.54) is 16.8 Å². The van der Waals surface area contributed by atoms with Gasteiger partial charge in [0.2, 0.25) is 10.0 Å². The summed E-state index contributed by atoms with van der Waals surface area (Å²) < 4.78 is 27.8. The quantitative estimate of drug-likeness (QED) is 0.822. The molecule has 2 aromatic carbocycles. The highest BCUT2D eigenvalue weighted by molar-refractivity contribution is 7.89. The fourth-order valence-electron chi connectivity index (χ4n) is 3.73. The van der Waals surface area contributed by atoms with Crippen molar-refractivity contribution in [2.75, 3.05) is 31.1 Å². The van der Waals surface area contributed by atoms with Crippen molar-refractivity contribution < 1.29 is 8.42 Å². The van der Waals surface area contributed by atoms with E-state index in [0.717, 1.165) is 30.6 Å². The van der Waals surface area contributed by atoms with Crippen LogP contribution in [0, 0.1) is 20.8 Å². The molecule has 0 N–H and O–H groups in total.